The van der Waals surface area contributed by atoms with Gasteiger partial charge in [-0.2, -0.15) is 16.4 Å². The molecule has 0 saturated carbocycles. The molecule has 1 aromatic rings. The van der Waals surface area contributed by atoms with Crippen molar-refractivity contribution < 1.29 is 0 Å². The molecule has 0 unspecified atom stereocenters. The van der Waals surface area contributed by atoms with Crippen LogP contribution in [-0.2, 0) is 0 Å². The second-order valence-electron chi connectivity index (χ2n) is 1.43. The van der Waals surface area contributed by atoms with Crippen LogP contribution >= 0.6 is 23.6 Å². The highest BCUT2D eigenvalue weighted by molar-refractivity contribution is 7.80. The third-order valence-corrected chi connectivity index (χ3v) is 1.33. The summed E-state index contributed by atoms with van der Waals surface area (Å²) >= 11 is 6.04. The molecule has 3 N–H and O–H groups in total. The monoisotopic (exact) mass is 187 g/mol. The topological polar surface area (TPSA) is 50.4 Å². The van der Waals surface area contributed by atoms with Crippen molar-refractivity contribution in [2.75, 3.05) is 0 Å². The fraction of sp³-hybridized carbons (Fsp3) is 0. The molecule has 0 spiro atoms. The van der Waals surface area contributed by atoms with Crippen molar-refractivity contribution in [2.24, 2.45) is 10.8 Å². The fourth-order valence-corrected chi connectivity index (χ4v) is 0.823. The van der Waals surface area contributed by atoms with Crippen molar-refractivity contribution in [3.8, 4) is 0 Å². The first-order chi connectivity index (χ1) is 5.27. The summed E-state index contributed by atoms with van der Waals surface area (Å²) in [6, 6.07) is 4.04. The van der Waals surface area contributed by atoms with Gasteiger partial charge in [0.15, 0.2) is 5.11 Å². The van der Waals surface area contributed by atoms with E-state index in [-0.39, 0.29) is 5.11 Å². The van der Waals surface area contributed by atoms with Crippen molar-refractivity contribution in [3.63, 3.8) is 0 Å². The lowest BCUT2D eigenvalue weighted by Gasteiger charge is -1.87. The van der Waals surface area contributed by atoms with Crippen molar-refractivity contribution in [3.05, 3.63) is 22.9 Å². The number of hydrogen-bond acceptors (Lipinski definition) is 3. The Morgan fingerprint density at radius 2 is 2.09 bits per heavy atom. The number of thiocarbonyl (C=S) groups is 1. The third kappa shape index (κ3) is 9.06. The maximum absolute atomic E-state index is 4.89. The minimum Gasteiger partial charge on any atom is -0.375 e. The quantitative estimate of drug-likeness (QED) is 0.394. The van der Waals surface area contributed by atoms with Gasteiger partial charge in [-0.05, 0) is 23.0 Å². The normalized spacial score (nSPS) is 7.27. The Balaban J connectivity index is 0.000000183. The van der Waals surface area contributed by atoms with Crippen molar-refractivity contribution in [1.29, 1.82) is 0 Å². The molecule has 0 aliphatic heterocycles. The lowest BCUT2D eigenvalue weighted by atomic mass is 10.7. The van der Waals surface area contributed by atoms with Gasteiger partial charge in [-0.15, -0.1) is 0 Å². The Labute approximate surface area is 74.9 Å². The number of thiophene rings is 1. The highest BCUT2D eigenvalue weighted by Crippen LogP contribution is 1.91. The molecular formula is C6H9N3S2. The minimum atomic E-state index is 0.144. The lowest BCUT2D eigenvalue weighted by Crippen LogP contribution is -2.23. The molecule has 0 atom stereocenters. The molecule has 0 saturated heterocycles. The van der Waals surface area contributed by atoms with E-state index < -0.39 is 0 Å². The zero-order chi connectivity index (χ0) is 8.53. The van der Waals surface area contributed by atoms with Gasteiger partial charge in [0.25, 0.3) is 0 Å². The molecule has 0 amide bonds. The first-order valence-corrected chi connectivity index (χ1v) is 4.11. The van der Waals surface area contributed by atoms with Gasteiger partial charge in [-0.1, -0.05) is 12.1 Å². The van der Waals surface area contributed by atoms with Crippen LogP contribution < -0.4 is 11.2 Å². The summed E-state index contributed by atoms with van der Waals surface area (Å²) in [6.07, 6.45) is 0. The zero-order valence-corrected chi connectivity index (χ0v) is 7.49. The van der Waals surface area contributed by atoms with E-state index in [1.54, 1.807) is 11.3 Å². The minimum absolute atomic E-state index is 0.144. The van der Waals surface area contributed by atoms with Gasteiger partial charge in [-0.3, -0.25) is 5.43 Å². The summed E-state index contributed by atoms with van der Waals surface area (Å²) in [5.74, 6) is 0. The van der Waals surface area contributed by atoms with Crippen molar-refractivity contribution >= 4 is 35.4 Å². The van der Waals surface area contributed by atoms with Crippen molar-refractivity contribution in [2.45, 2.75) is 0 Å². The van der Waals surface area contributed by atoms with E-state index in [2.05, 4.69) is 29.5 Å². The summed E-state index contributed by atoms with van der Waals surface area (Å²) in [4.78, 5) is 0. The van der Waals surface area contributed by atoms with E-state index in [0.29, 0.717) is 0 Å². The first-order valence-electron chi connectivity index (χ1n) is 2.75. The number of nitrogens with two attached hydrogens (primary N) is 1. The Kier molecular flexibility index (Phi) is 6.56. The molecule has 3 nitrogen and oxygen atoms in total. The number of nitrogens with one attached hydrogen (secondary N) is 1. The summed E-state index contributed by atoms with van der Waals surface area (Å²) < 4.78 is 0. The Hall–Kier alpha value is -0.940. The van der Waals surface area contributed by atoms with Gasteiger partial charge in [0, 0.05) is 6.72 Å². The number of nitrogens with zero attached hydrogens (tertiary/aromatic N) is 1. The van der Waals surface area contributed by atoms with Gasteiger partial charge in [-0.25, -0.2) is 0 Å². The van der Waals surface area contributed by atoms with E-state index in [9.17, 15) is 0 Å². The van der Waals surface area contributed by atoms with Crippen LogP contribution in [0.15, 0.2) is 28.0 Å². The van der Waals surface area contributed by atoms with E-state index in [0.717, 1.165) is 0 Å². The van der Waals surface area contributed by atoms with Gasteiger partial charge >= 0.3 is 0 Å². The summed E-state index contributed by atoms with van der Waals surface area (Å²) in [7, 11) is 0. The molecule has 5 heteroatoms. The number of hydrogen-bond donors (Lipinski definition) is 2. The van der Waals surface area contributed by atoms with Crippen LogP contribution in [0.2, 0.25) is 0 Å². The molecule has 0 bridgehead atoms. The third-order valence-electron chi connectivity index (χ3n) is 0.615. The van der Waals surface area contributed by atoms with Crippen LogP contribution in [0.1, 0.15) is 0 Å². The van der Waals surface area contributed by atoms with Crippen LogP contribution in [0.4, 0.5) is 0 Å². The van der Waals surface area contributed by atoms with Gasteiger partial charge in [0.05, 0.1) is 0 Å². The molecule has 0 aliphatic carbocycles. The van der Waals surface area contributed by atoms with Crippen LogP contribution in [0.25, 0.3) is 0 Å². The smallest absolute Gasteiger partial charge is 0.184 e. The van der Waals surface area contributed by atoms with Crippen molar-refractivity contribution in [1.82, 2.24) is 5.43 Å². The van der Waals surface area contributed by atoms with Crippen LogP contribution in [0.5, 0.6) is 0 Å². The molecule has 1 heterocycles. The van der Waals surface area contributed by atoms with Gasteiger partial charge < -0.3 is 5.73 Å². The average molecular weight is 187 g/mol. The molecule has 0 aliphatic rings. The van der Waals surface area contributed by atoms with E-state index in [4.69, 9.17) is 5.73 Å². The van der Waals surface area contributed by atoms with Gasteiger partial charge in [0.2, 0.25) is 0 Å². The maximum Gasteiger partial charge on any atom is 0.184 e. The van der Waals surface area contributed by atoms with Crippen LogP contribution in [-0.4, -0.2) is 11.8 Å². The summed E-state index contributed by atoms with van der Waals surface area (Å²) in [5.41, 5.74) is 7.12. The standard InChI is InChI=1S/C4H4S.C2H5N3S/c1-2-4-5-3-1;1-4-5-2(3)6/h1-4H;1H2,(H3,3,5,6). The number of rotatable bonds is 1. The molecule has 11 heavy (non-hydrogen) atoms. The Morgan fingerprint density at radius 3 is 2.18 bits per heavy atom. The largest absolute Gasteiger partial charge is 0.375 e. The Bertz CT molecular complexity index is 178. The second kappa shape index (κ2) is 7.17. The molecular weight excluding hydrogens is 178 g/mol. The zero-order valence-electron chi connectivity index (χ0n) is 5.86. The molecule has 1 rings (SSSR count). The fourth-order valence-electron chi connectivity index (χ4n) is 0.305. The van der Waals surface area contributed by atoms with E-state index >= 15 is 0 Å². The SMILES string of the molecule is C=NNC(N)=S.c1ccsc1. The van der Waals surface area contributed by atoms with Gasteiger partial charge in [0.1, 0.15) is 0 Å². The average Bonchev–Trinajstić information content (AvgIpc) is 2.41. The summed E-state index contributed by atoms with van der Waals surface area (Å²) in [5, 5.41) is 7.40. The summed E-state index contributed by atoms with van der Waals surface area (Å²) in [6.45, 7) is 3.07. The van der Waals surface area contributed by atoms with Crippen LogP contribution in [0, 0.1) is 0 Å². The second-order valence-corrected chi connectivity index (χ2v) is 2.68. The maximum atomic E-state index is 4.89. The van der Waals surface area contributed by atoms with E-state index in [1.807, 2.05) is 22.9 Å². The molecule has 0 aromatic carbocycles. The molecule has 1 aromatic heterocycles. The van der Waals surface area contributed by atoms with Crippen LogP contribution in [0.3, 0.4) is 0 Å². The molecule has 0 radical (unpaired) electrons. The predicted octanol–water partition coefficient (Wildman–Crippen LogP) is 1.18. The molecule has 0 fully saturated rings. The highest BCUT2D eigenvalue weighted by atomic mass is 32.1. The Morgan fingerprint density at radius 1 is 1.55 bits per heavy atom. The van der Waals surface area contributed by atoms with E-state index in [1.165, 1.54) is 0 Å². The lowest BCUT2D eigenvalue weighted by molar-refractivity contribution is 1.05. The predicted molar refractivity (Wildman–Crippen MR) is 53.8 cm³/mol. The highest BCUT2D eigenvalue weighted by Gasteiger charge is 1.71. The molecule has 60 valence electrons. The first kappa shape index (κ1) is 10.1. The number of hydrazone groups is 1.